The molecule has 0 aliphatic heterocycles. The molecule has 70 valence electrons. The summed E-state index contributed by atoms with van der Waals surface area (Å²) in [6.45, 7) is 1.58. The molecule has 0 saturated carbocycles. The highest BCUT2D eigenvalue weighted by Crippen LogP contribution is 2.25. The molecule has 0 amide bonds. The molecular formula is C7H11ClO4. The van der Waals surface area contributed by atoms with Gasteiger partial charge in [-0.25, -0.2) is 0 Å². The second kappa shape index (κ2) is 4.30. The molecule has 0 saturated heterocycles. The highest BCUT2D eigenvalue weighted by Gasteiger charge is 2.45. The van der Waals surface area contributed by atoms with E-state index in [-0.39, 0.29) is 12.3 Å². The smallest absolute Gasteiger partial charge is 0.324 e. The van der Waals surface area contributed by atoms with E-state index in [9.17, 15) is 9.59 Å². The van der Waals surface area contributed by atoms with Gasteiger partial charge in [-0.05, 0) is 6.42 Å². The summed E-state index contributed by atoms with van der Waals surface area (Å²) in [4.78, 5) is 21.7. The van der Waals surface area contributed by atoms with Crippen LogP contribution < -0.4 is 0 Å². The first kappa shape index (κ1) is 11.2. The van der Waals surface area contributed by atoms with Crippen molar-refractivity contribution in [2.45, 2.75) is 13.3 Å². The van der Waals surface area contributed by atoms with Crippen LogP contribution in [0.4, 0.5) is 0 Å². The monoisotopic (exact) mass is 194 g/mol. The molecule has 1 atom stereocenters. The van der Waals surface area contributed by atoms with Gasteiger partial charge in [0.15, 0.2) is 5.41 Å². The maximum Gasteiger partial charge on any atom is 0.324 e. The quantitative estimate of drug-likeness (QED) is 0.410. The standard InChI is InChI=1S/C7H11ClO4/c1-3-7(4-8,5(9)10)6(11)12-2/h3-4H2,1-2H3,(H,9,10). The number of hydrogen-bond acceptors (Lipinski definition) is 3. The lowest BCUT2D eigenvalue weighted by molar-refractivity contribution is -0.165. The minimum Gasteiger partial charge on any atom is -0.480 e. The third-order valence-corrected chi connectivity index (χ3v) is 2.27. The Labute approximate surface area is 75.5 Å². The predicted molar refractivity (Wildman–Crippen MR) is 43.1 cm³/mol. The van der Waals surface area contributed by atoms with Gasteiger partial charge in [0.25, 0.3) is 0 Å². The van der Waals surface area contributed by atoms with Crippen LogP contribution in [0.15, 0.2) is 0 Å². The SMILES string of the molecule is CCC(CCl)(C(=O)O)C(=O)OC. The van der Waals surface area contributed by atoms with Crippen molar-refractivity contribution in [3.05, 3.63) is 0 Å². The van der Waals surface area contributed by atoms with E-state index in [0.717, 1.165) is 7.11 Å². The third kappa shape index (κ3) is 1.69. The van der Waals surface area contributed by atoms with Gasteiger partial charge in [0.1, 0.15) is 0 Å². The fourth-order valence-electron chi connectivity index (χ4n) is 0.784. The van der Waals surface area contributed by atoms with Crippen molar-refractivity contribution >= 4 is 23.5 Å². The van der Waals surface area contributed by atoms with Crippen LogP contribution in [0.2, 0.25) is 0 Å². The van der Waals surface area contributed by atoms with Gasteiger partial charge in [0, 0.05) is 5.88 Å². The molecule has 0 aliphatic rings. The van der Waals surface area contributed by atoms with E-state index in [2.05, 4.69) is 4.74 Å². The van der Waals surface area contributed by atoms with Crippen LogP contribution in [-0.2, 0) is 14.3 Å². The molecule has 1 unspecified atom stereocenters. The molecule has 1 N–H and O–H groups in total. The average Bonchev–Trinajstić information content (AvgIpc) is 2.06. The zero-order chi connectivity index (χ0) is 9.78. The number of ether oxygens (including phenoxy) is 1. The van der Waals surface area contributed by atoms with E-state index >= 15 is 0 Å². The van der Waals surface area contributed by atoms with Crippen LogP contribution in [0.25, 0.3) is 0 Å². The number of alkyl halides is 1. The summed E-state index contributed by atoms with van der Waals surface area (Å²) in [5.74, 6) is -2.31. The Morgan fingerprint density at radius 1 is 1.58 bits per heavy atom. The number of halogens is 1. The number of carbonyl (C=O) groups excluding carboxylic acids is 1. The molecule has 5 heteroatoms. The van der Waals surface area contributed by atoms with E-state index in [4.69, 9.17) is 16.7 Å². The summed E-state index contributed by atoms with van der Waals surface area (Å²) >= 11 is 5.41. The molecule has 0 fully saturated rings. The highest BCUT2D eigenvalue weighted by molar-refractivity contribution is 6.22. The van der Waals surface area contributed by atoms with Gasteiger partial charge in [0.2, 0.25) is 0 Å². The fourth-order valence-corrected chi connectivity index (χ4v) is 1.20. The summed E-state index contributed by atoms with van der Waals surface area (Å²) in [7, 11) is 1.14. The van der Waals surface area contributed by atoms with E-state index in [1.807, 2.05) is 0 Å². The Morgan fingerprint density at radius 3 is 2.17 bits per heavy atom. The van der Waals surface area contributed by atoms with E-state index < -0.39 is 17.4 Å². The van der Waals surface area contributed by atoms with Gasteiger partial charge in [-0.2, -0.15) is 0 Å². The van der Waals surface area contributed by atoms with Crippen molar-refractivity contribution in [3.8, 4) is 0 Å². The first-order valence-electron chi connectivity index (χ1n) is 3.43. The lowest BCUT2D eigenvalue weighted by atomic mass is 9.88. The van der Waals surface area contributed by atoms with Gasteiger partial charge >= 0.3 is 11.9 Å². The van der Waals surface area contributed by atoms with Crippen LogP contribution in [0, 0.1) is 5.41 Å². The maximum atomic E-state index is 11.0. The topological polar surface area (TPSA) is 63.6 Å². The second-order valence-corrected chi connectivity index (χ2v) is 2.63. The van der Waals surface area contributed by atoms with E-state index in [1.54, 1.807) is 6.92 Å². The number of esters is 1. The van der Waals surface area contributed by atoms with Crippen molar-refractivity contribution in [1.29, 1.82) is 0 Å². The van der Waals surface area contributed by atoms with Gasteiger partial charge in [-0.15, -0.1) is 11.6 Å². The summed E-state index contributed by atoms with van der Waals surface area (Å²) in [6.07, 6.45) is 0.124. The van der Waals surface area contributed by atoms with Crippen molar-refractivity contribution in [3.63, 3.8) is 0 Å². The van der Waals surface area contributed by atoms with Crippen molar-refractivity contribution in [2.24, 2.45) is 5.41 Å². The first-order valence-corrected chi connectivity index (χ1v) is 3.96. The molecule has 0 spiro atoms. The predicted octanol–water partition coefficient (Wildman–Crippen LogP) is 0.879. The molecule has 0 aromatic heterocycles. The fraction of sp³-hybridized carbons (Fsp3) is 0.714. The summed E-state index contributed by atoms with van der Waals surface area (Å²) in [5, 5.41) is 8.74. The zero-order valence-electron chi connectivity index (χ0n) is 6.96. The van der Waals surface area contributed by atoms with Crippen LogP contribution in [0.3, 0.4) is 0 Å². The Bertz CT molecular complexity index is 186. The Hall–Kier alpha value is -0.770. The molecule has 0 heterocycles. The number of carboxylic acid groups (broad SMARTS) is 1. The zero-order valence-corrected chi connectivity index (χ0v) is 7.72. The van der Waals surface area contributed by atoms with Crippen LogP contribution in [0.1, 0.15) is 13.3 Å². The number of aliphatic carboxylic acids is 1. The minimum absolute atomic E-state index is 0.124. The number of hydrogen-bond donors (Lipinski definition) is 1. The van der Waals surface area contributed by atoms with Gasteiger partial charge in [-0.3, -0.25) is 9.59 Å². The molecular weight excluding hydrogens is 184 g/mol. The summed E-state index contributed by atoms with van der Waals surface area (Å²) in [5.41, 5.74) is -1.59. The summed E-state index contributed by atoms with van der Waals surface area (Å²) in [6, 6.07) is 0. The first-order chi connectivity index (χ1) is 5.55. The lowest BCUT2D eigenvalue weighted by Crippen LogP contribution is -2.41. The largest absolute Gasteiger partial charge is 0.480 e. The summed E-state index contributed by atoms with van der Waals surface area (Å²) < 4.78 is 4.35. The van der Waals surface area contributed by atoms with Gasteiger partial charge in [0.05, 0.1) is 7.11 Å². The number of methoxy groups -OCH3 is 1. The minimum atomic E-state index is -1.59. The van der Waals surface area contributed by atoms with Crippen molar-refractivity contribution in [1.82, 2.24) is 0 Å². The number of carbonyl (C=O) groups is 2. The van der Waals surface area contributed by atoms with Crippen LogP contribution >= 0.6 is 11.6 Å². The molecule has 12 heavy (non-hydrogen) atoms. The lowest BCUT2D eigenvalue weighted by Gasteiger charge is -2.21. The Kier molecular flexibility index (Phi) is 4.03. The van der Waals surface area contributed by atoms with Crippen molar-refractivity contribution < 1.29 is 19.4 Å². The molecule has 0 aromatic rings. The van der Waals surface area contributed by atoms with Gasteiger partial charge in [-0.1, -0.05) is 6.92 Å². The van der Waals surface area contributed by atoms with E-state index in [0.29, 0.717) is 0 Å². The van der Waals surface area contributed by atoms with E-state index in [1.165, 1.54) is 0 Å². The highest BCUT2D eigenvalue weighted by atomic mass is 35.5. The molecule has 0 bridgehead atoms. The van der Waals surface area contributed by atoms with Crippen molar-refractivity contribution in [2.75, 3.05) is 13.0 Å². The molecule has 0 aliphatic carbocycles. The number of carboxylic acids is 1. The van der Waals surface area contributed by atoms with Crippen LogP contribution in [-0.4, -0.2) is 30.0 Å². The second-order valence-electron chi connectivity index (χ2n) is 2.37. The molecule has 0 radical (unpaired) electrons. The average molecular weight is 195 g/mol. The molecule has 0 aromatic carbocycles. The molecule has 0 rings (SSSR count). The van der Waals surface area contributed by atoms with Gasteiger partial charge < -0.3 is 9.84 Å². The molecule has 4 nitrogen and oxygen atoms in total. The Morgan fingerprint density at radius 2 is 2.08 bits per heavy atom. The normalized spacial score (nSPS) is 14.9. The Balaban J connectivity index is 4.82. The maximum absolute atomic E-state index is 11.0. The van der Waals surface area contributed by atoms with Crippen LogP contribution in [0.5, 0.6) is 0 Å². The third-order valence-electron chi connectivity index (χ3n) is 1.82. The number of rotatable bonds is 4.